The van der Waals surface area contributed by atoms with E-state index in [-0.39, 0.29) is 6.04 Å². The molecule has 0 spiro atoms. The van der Waals surface area contributed by atoms with Gasteiger partial charge >= 0.3 is 0 Å². The van der Waals surface area contributed by atoms with E-state index in [1.165, 1.54) is 10.4 Å². The van der Waals surface area contributed by atoms with E-state index in [2.05, 4.69) is 35.4 Å². The van der Waals surface area contributed by atoms with E-state index in [1.54, 1.807) is 11.3 Å². The first-order valence-electron chi connectivity index (χ1n) is 6.92. The SMILES string of the molecule is CCN(Cc1cccs1)c1c(Cl)cccc1CC(C)N. The van der Waals surface area contributed by atoms with Gasteiger partial charge in [-0.05, 0) is 43.3 Å². The van der Waals surface area contributed by atoms with Crippen molar-refractivity contribution in [3.63, 3.8) is 0 Å². The summed E-state index contributed by atoms with van der Waals surface area (Å²) in [6.45, 7) is 6.00. The number of benzene rings is 1. The van der Waals surface area contributed by atoms with Crippen molar-refractivity contribution in [1.82, 2.24) is 0 Å². The van der Waals surface area contributed by atoms with E-state index in [9.17, 15) is 0 Å². The van der Waals surface area contributed by atoms with Crippen molar-refractivity contribution in [1.29, 1.82) is 0 Å². The number of nitrogens with zero attached hydrogens (tertiary/aromatic N) is 1. The minimum absolute atomic E-state index is 0.132. The second-order valence-electron chi connectivity index (χ2n) is 5.02. The van der Waals surface area contributed by atoms with Crippen LogP contribution < -0.4 is 10.6 Å². The second-order valence-corrected chi connectivity index (χ2v) is 6.46. The number of rotatable bonds is 6. The van der Waals surface area contributed by atoms with Gasteiger partial charge in [0.2, 0.25) is 0 Å². The molecule has 0 saturated heterocycles. The maximum atomic E-state index is 6.45. The average Bonchev–Trinajstić information content (AvgIpc) is 2.89. The second kappa shape index (κ2) is 7.11. The molecule has 0 radical (unpaired) electrons. The van der Waals surface area contributed by atoms with Crippen molar-refractivity contribution in [2.75, 3.05) is 11.4 Å². The summed E-state index contributed by atoms with van der Waals surface area (Å²) < 4.78 is 0. The Labute approximate surface area is 130 Å². The summed E-state index contributed by atoms with van der Waals surface area (Å²) in [5.41, 5.74) is 8.32. The Kier molecular flexibility index (Phi) is 5.46. The van der Waals surface area contributed by atoms with Crippen LogP contribution in [0.3, 0.4) is 0 Å². The Hall–Kier alpha value is -1.03. The molecular weight excluding hydrogens is 288 g/mol. The Bertz CT molecular complexity index is 537. The van der Waals surface area contributed by atoms with Crippen LogP contribution in [0.4, 0.5) is 5.69 Å². The number of anilines is 1. The van der Waals surface area contributed by atoms with Crippen molar-refractivity contribution >= 4 is 28.6 Å². The molecule has 0 amide bonds. The van der Waals surface area contributed by atoms with Crippen LogP contribution >= 0.6 is 22.9 Å². The van der Waals surface area contributed by atoms with Gasteiger partial charge in [0, 0.05) is 17.5 Å². The molecule has 1 heterocycles. The summed E-state index contributed by atoms with van der Waals surface area (Å²) in [4.78, 5) is 3.67. The minimum Gasteiger partial charge on any atom is -0.365 e. The van der Waals surface area contributed by atoms with Gasteiger partial charge in [0.05, 0.1) is 17.3 Å². The van der Waals surface area contributed by atoms with Crippen molar-refractivity contribution in [2.24, 2.45) is 5.73 Å². The monoisotopic (exact) mass is 308 g/mol. The van der Waals surface area contributed by atoms with Gasteiger partial charge in [0.1, 0.15) is 0 Å². The smallest absolute Gasteiger partial charge is 0.0642 e. The zero-order valence-corrected chi connectivity index (χ0v) is 13.5. The van der Waals surface area contributed by atoms with Crippen LogP contribution in [0.2, 0.25) is 5.02 Å². The zero-order valence-electron chi connectivity index (χ0n) is 12.0. The van der Waals surface area contributed by atoms with Crippen LogP contribution in [-0.4, -0.2) is 12.6 Å². The molecular formula is C16H21ClN2S. The normalized spacial score (nSPS) is 12.4. The number of nitrogens with two attached hydrogens (primary N) is 1. The predicted molar refractivity (Wildman–Crippen MR) is 89.8 cm³/mol. The highest BCUT2D eigenvalue weighted by Crippen LogP contribution is 2.32. The third-order valence-corrected chi connectivity index (χ3v) is 4.40. The van der Waals surface area contributed by atoms with Crippen molar-refractivity contribution < 1.29 is 0 Å². The molecule has 108 valence electrons. The van der Waals surface area contributed by atoms with Gasteiger partial charge in [0.15, 0.2) is 0 Å². The molecule has 2 rings (SSSR count). The lowest BCUT2D eigenvalue weighted by molar-refractivity contribution is 0.730. The molecule has 0 aliphatic rings. The number of halogens is 1. The molecule has 1 atom stereocenters. The summed E-state index contributed by atoms with van der Waals surface area (Å²) in [5, 5.41) is 2.92. The number of thiophene rings is 1. The number of hydrogen-bond donors (Lipinski definition) is 1. The van der Waals surface area contributed by atoms with Gasteiger partial charge in [0.25, 0.3) is 0 Å². The third-order valence-electron chi connectivity index (χ3n) is 3.24. The van der Waals surface area contributed by atoms with E-state index >= 15 is 0 Å². The Morgan fingerprint density at radius 1 is 1.30 bits per heavy atom. The first-order valence-corrected chi connectivity index (χ1v) is 8.17. The lowest BCUT2D eigenvalue weighted by Crippen LogP contribution is -2.25. The lowest BCUT2D eigenvalue weighted by Gasteiger charge is -2.27. The summed E-state index contributed by atoms with van der Waals surface area (Å²) in [5.74, 6) is 0. The first kappa shape index (κ1) is 15.4. The van der Waals surface area contributed by atoms with E-state index in [0.717, 1.165) is 30.2 Å². The molecule has 0 aliphatic heterocycles. The van der Waals surface area contributed by atoms with Crippen LogP contribution in [-0.2, 0) is 13.0 Å². The van der Waals surface area contributed by atoms with E-state index in [1.807, 2.05) is 19.1 Å². The first-order chi connectivity index (χ1) is 9.61. The number of para-hydroxylation sites is 1. The molecule has 1 aromatic heterocycles. The maximum Gasteiger partial charge on any atom is 0.0642 e. The quantitative estimate of drug-likeness (QED) is 0.861. The molecule has 1 unspecified atom stereocenters. The highest BCUT2D eigenvalue weighted by Gasteiger charge is 2.15. The topological polar surface area (TPSA) is 29.3 Å². The minimum atomic E-state index is 0.132. The van der Waals surface area contributed by atoms with E-state index < -0.39 is 0 Å². The molecule has 20 heavy (non-hydrogen) atoms. The Morgan fingerprint density at radius 3 is 2.70 bits per heavy atom. The van der Waals surface area contributed by atoms with Gasteiger partial charge in [-0.25, -0.2) is 0 Å². The van der Waals surface area contributed by atoms with Gasteiger partial charge in [-0.15, -0.1) is 11.3 Å². The molecule has 0 aliphatic carbocycles. The van der Waals surface area contributed by atoms with Crippen molar-refractivity contribution in [3.8, 4) is 0 Å². The molecule has 2 N–H and O–H groups in total. The molecule has 1 aromatic carbocycles. The van der Waals surface area contributed by atoms with Gasteiger partial charge < -0.3 is 10.6 Å². The van der Waals surface area contributed by atoms with Crippen LogP contribution in [0.1, 0.15) is 24.3 Å². The van der Waals surface area contributed by atoms with Gasteiger partial charge in [-0.2, -0.15) is 0 Å². The zero-order chi connectivity index (χ0) is 14.5. The van der Waals surface area contributed by atoms with Crippen molar-refractivity contribution in [2.45, 2.75) is 32.9 Å². The van der Waals surface area contributed by atoms with Crippen LogP contribution in [0, 0.1) is 0 Å². The van der Waals surface area contributed by atoms with Crippen molar-refractivity contribution in [3.05, 3.63) is 51.2 Å². The summed E-state index contributed by atoms with van der Waals surface area (Å²) >= 11 is 8.22. The fraction of sp³-hybridized carbons (Fsp3) is 0.375. The summed E-state index contributed by atoms with van der Waals surface area (Å²) in [7, 11) is 0. The van der Waals surface area contributed by atoms with E-state index in [0.29, 0.717) is 0 Å². The largest absolute Gasteiger partial charge is 0.365 e. The maximum absolute atomic E-state index is 6.45. The van der Waals surface area contributed by atoms with Gasteiger partial charge in [-0.1, -0.05) is 29.8 Å². The standard InChI is InChI=1S/C16H21ClN2S/c1-3-19(11-14-7-5-9-20-14)16-13(10-12(2)18)6-4-8-15(16)17/h4-9,12H,3,10-11,18H2,1-2H3. The molecule has 0 saturated carbocycles. The summed E-state index contributed by atoms with van der Waals surface area (Å²) in [6.07, 6.45) is 0.844. The van der Waals surface area contributed by atoms with Crippen LogP contribution in [0.15, 0.2) is 35.7 Å². The fourth-order valence-electron chi connectivity index (χ4n) is 2.37. The molecule has 2 nitrogen and oxygen atoms in total. The van der Waals surface area contributed by atoms with Gasteiger partial charge in [-0.3, -0.25) is 0 Å². The highest BCUT2D eigenvalue weighted by atomic mass is 35.5. The van der Waals surface area contributed by atoms with Crippen LogP contribution in [0.25, 0.3) is 0 Å². The Balaban J connectivity index is 2.32. The lowest BCUT2D eigenvalue weighted by atomic mass is 10.0. The van der Waals surface area contributed by atoms with E-state index in [4.69, 9.17) is 17.3 Å². The fourth-order valence-corrected chi connectivity index (χ4v) is 3.40. The highest BCUT2D eigenvalue weighted by molar-refractivity contribution is 7.09. The summed E-state index contributed by atoms with van der Waals surface area (Å²) in [6, 6.07) is 10.5. The number of hydrogen-bond acceptors (Lipinski definition) is 3. The molecule has 4 heteroatoms. The molecule has 0 bridgehead atoms. The third kappa shape index (κ3) is 3.75. The van der Waals surface area contributed by atoms with Crippen LogP contribution in [0.5, 0.6) is 0 Å². The molecule has 0 fully saturated rings. The molecule has 2 aromatic rings. The predicted octanol–water partition coefficient (Wildman–Crippen LogP) is 4.32. The average molecular weight is 309 g/mol. The Morgan fingerprint density at radius 2 is 2.10 bits per heavy atom.